The Labute approximate surface area is 128 Å². The van der Waals surface area contributed by atoms with E-state index in [0.717, 1.165) is 9.26 Å². The zero-order valence-electron chi connectivity index (χ0n) is 11.4. The van der Waals surface area contributed by atoms with Crippen LogP contribution in [0.3, 0.4) is 0 Å². The van der Waals surface area contributed by atoms with Crippen LogP contribution in [0, 0.1) is 3.57 Å². The fourth-order valence-corrected chi connectivity index (χ4v) is 3.13. The number of aliphatic imine (C=N–C) groups is 1. The van der Waals surface area contributed by atoms with Crippen molar-refractivity contribution < 1.29 is 0 Å². The Morgan fingerprint density at radius 3 is 2.74 bits per heavy atom. The maximum atomic E-state index is 5.96. The second-order valence-corrected chi connectivity index (χ2v) is 6.29. The summed E-state index contributed by atoms with van der Waals surface area (Å²) in [5.41, 5.74) is 6.94. The molecule has 0 aliphatic heterocycles. The van der Waals surface area contributed by atoms with Crippen molar-refractivity contribution in [2.75, 3.05) is 0 Å². The molecule has 1 saturated carbocycles. The minimum Gasteiger partial charge on any atom is -0.370 e. The highest BCUT2D eigenvalue weighted by Crippen LogP contribution is 2.17. The van der Waals surface area contributed by atoms with Crippen LogP contribution < -0.4 is 11.1 Å². The normalized spacial score (nSPS) is 18.3. The number of rotatable bonds is 3. The molecule has 0 bridgehead atoms. The van der Waals surface area contributed by atoms with E-state index in [2.05, 4.69) is 38.0 Å². The number of hydrogen-bond acceptors (Lipinski definition) is 2. The van der Waals surface area contributed by atoms with E-state index in [9.17, 15) is 0 Å². The van der Waals surface area contributed by atoms with Crippen LogP contribution in [0.2, 0.25) is 0 Å². The summed E-state index contributed by atoms with van der Waals surface area (Å²) >= 11 is 2.27. The van der Waals surface area contributed by atoms with Crippen LogP contribution in [-0.2, 0) is 13.6 Å². The summed E-state index contributed by atoms with van der Waals surface area (Å²) in [5, 5.41) is 7.71. The van der Waals surface area contributed by atoms with Crippen molar-refractivity contribution in [3.63, 3.8) is 0 Å². The number of nitrogens with one attached hydrogen (secondary N) is 1. The van der Waals surface area contributed by atoms with Gasteiger partial charge in [0.15, 0.2) is 5.96 Å². The molecule has 3 N–H and O–H groups in total. The van der Waals surface area contributed by atoms with Crippen LogP contribution in [0.1, 0.15) is 44.2 Å². The fourth-order valence-electron chi connectivity index (χ4n) is 2.45. The van der Waals surface area contributed by atoms with Crippen molar-refractivity contribution in [1.29, 1.82) is 0 Å². The van der Waals surface area contributed by atoms with Gasteiger partial charge < -0.3 is 11.1 Å². The zero-order valence-corrected chi connectivity index (χ0v) is 13.6. The minimum atomic E-state index is 0.494. The second-order valence-electron chi connectivity index (χ2n) is 5.13. The number of hydrogen-bond donors (Lipinski definition) is 2. The van der Waals surface area contributed by atoms with Crippen LogP contribution >= 0.6 is 22.6 Å². The molecule has 0 amide bonds. The molecule has 1 aromatic heterocycles. The van der Waals surface area contributed by atoms with Gasteiger partial charge in [-0.2, -0.15) is 5.10 Å². The summed E-state index contributed by atoms with van der Waals surface area (Å²) in [6.07, 6.45) is 9.68. The number of nitrogens with zero attached hydrogens (tertiary/aromatic N) is 3. The molecule has 1 aliphatic carbocycles. The first-order valence-corrected chi connectivity index (χ1v) is 7.97. The van der Waals surface area contributed by atoms with Crippen molar-refractivity contribution in [2.24, 2.45) is 17.8 Å². The molecule has 1 fully saturated rings. The Balaban J connectivity index is 1.86. The SMILES string of the molecule is Cn1cc(I)c(CN=C(N)NC2CCCCCC2)n1. The smallest absolute Gasteiger partial charge is 0.189 e. The van der Waals surface area contributed by atoms with Crippen molar-refractivity contribution in [3.05, 3.63) is 15.5 Å². The summed E-state index contributed by atoms with van der Waals surface area (Å²) in [7, 11) is 1.92. The largest absolute Gasteiger partial charge is 0.370 e. The lowest BCUT2D eigenvalue weighted by molar-refractivity contribution is 0.530. The van der Waals surface area contributed by atoms with Gasteiger partial charge in [0.25, 0.3) is 0 Å². The summed E-state index contributed by atoms with van der Waals surface area (Å²) in [5.74, 6) is 0.549. The summed E-state index contributed by atoms with van der Waals surface area (Å²) in [6.45, 7) is 0.546. The van der Waals surface area contributed by atoms with Crippen LogP contribution in [0.5, 0.6) is 0 Å². The molecule has 1 aliphatic rings. The summed E-state index contributed by atoms with van der Waals surface area (Å²) < 4.78 is 2.94. The van der Waals surface area contributed by atoms with Crippen molar-refractivity contribution in [2.45, 2.75) is 51.1 Å². The van der Waals surface area contributed by atoms with E-state index >= 15 is 0 Å². The first-order valence-electron chi connectivity index (χ1n) is 6.89. The van der Waals surface area contributed by atoms with E-state index in [1.807, 2.05) is 17.9 Å². The third-order valence-corrected chi connectivity index (χ3v) is 4.36. The fraction of sp³-hybridized carbons (Fsp3) is 0.692. The van der Waals surface area contributed by atoms with E-state index in [1.54, 1.807) is 0 Å². The number of guanidine groups is 1. The first kappa shape index (κ1) is 14.6. The van der Waals surface area contributed by atoms with Crippen molar-refractivity contribution in [1.82, 2.24) is 15.1 Å². The van der Waals surface area contributed by atoms with Gasteiger partial charge in [0, 0.05) is 19.3 Å². The molecule has 19 heavy (non-hydrogen) atoms. The van der Waals surface area contributed by atoms with Crippen molar-refractivity contribution in [3.8, 4) is 0 Å². The topological polar surface area (TPSA) is 68.2 Å². The molecule has 6 heteroatoms. The maximum absolute atomic E-state index is 5.96. The summed E-state index contributed by atoms with van der Waals surface area (Å²) in [4.78, 5) is 4.40. The molecule has 0 radical (unpaired) electrons. The highest BCUT2D eigenvalue weighted by atomic mass is 127. The third-order valence-electron chi connectivity index (χ3n) is 3.46. The van der Waals surface area contributed by atoms with Gasteiger partial charge in [0.2, 0.25) is 0 Å². The van der Waals surface area contributed by atoms with Crippen LogP contribution in [-0.4, -0.2) is 21.8 Å². The first-order chi connectivity index (χ1) is 9.15. The third kappa shape index (κ3) is 4.67. The van der Waals surface area contributed by atoms with Gasteiger partial charge in [-0.3, -0.25) is 4.68 Å². The quantitative estimate of drug-likeness (QED) is 0.368. The number of aromatic nitrogens is 2. The molecule has 106 valence electrons. The van der Waals surface area contributed by atoms with Gasteiger partial charge in [0.1, 0.15) is 0 Å². The highest BCUT2D eigenvalue weighted by molar-refractivity contribution is 14.1. The zero-order chi connectivity index (χ0) is 13.7. The molecule has 0 aromatic carbocycles. The van der Waals surface area contributed by atoms with Crippen LogP contribution in [0.15, 0.2) is 11.2 Å². The number of nitrogens with two attached hydrogens (primary N) is 1. The Kier molecular flexibility index (Phi) is 5.47. The monoisotopic (exact) mass is 375 g/mol. The van der Waals surface area contributed by atoms with Gasteiger partial charge >= 0.3 is 0 Å². The molecule has 2 rings (SSSR count). The van der Waals surface area contributed by atoms with E-state index in [0.29, 0.717) is 18.5 Å². The molecule has 0 spiro atoms. The highest BCUT2D eigenvalue weighted by Gasteiger charge is 2.12. The average Bonchev–Trinajstić information content (AvgIpc) is 2.56. The Morgan fingerprint density at radius 1 is 1.47 bits per heavy atom. The van der Waals surface area contributed by atoms with Crippen molar-refractivity contribution >= 4 is 28.6 Å². The summed E-state index contributed by atoms with van der Waals surface area (Å²) in [6, 6.07) is 0.494. The van der Waals surface area contributed by atoms with Gasteiger partial charge in [-0.15, -0.1) is 0 Å². The Bertz CT molecular complexity index is 432. The lowest BCUT2D eigenvalue weighted by atomic mass is 10.1. The average molecular weight is 375 g/mol. The lowest BCUT2D eigenvalue weighted by Crippen LogP contribution is -2.39. The van der Waals surface area contributed by atoms with Gasteiger partial charge in [-0.1, -0.05) is 25.7 Å². The predicted octanol–water partition coefficient (Wildman–Crippen LogP) is 2.15. The Morgan fingerprint density at radius 2 is 2.16 bits per heavy atom. The molecule has 1 heterocycles. The predicted molar refractivity (Wildman–Crippen MR) is 85.9 cm³/mol. The number of aryl methyl sites for hydroxylation is 1. The van der Waals surface area contributed by atoms with E-state index in [4.69, 9.17) is 5.73 Å². The standard InChI is InChI=1S/C13H22IN5/c1-19-9-11(14)12(18-19)8-16-13(15)17-10-6-4-2-3-5-7-10/h9-10H,2-8H2,1H3,(H3,15,16,17). The lowest BCUT2D eigenvalue weighted by Gasteiger charge is -2.16. The van der Waals surface area contributed by atoms with Crippen LogP contribution in [0.25, 0.3) is 0 Å². The van der Waals surface area contributed by atoms with Gasteiger partial charge in [-0.05, 0) is 35.4 Å². The van der Waals surface area contributed by atoms with E-state index in [-0.39, 0.29) is 0 Å². The molecule has 5 nitrogen and oxygen atoms in total. The molecular formula is C13H22IN5. The molecule has 0 saturated heterocycles. The second kappa shape index (κ2) is 7.12. The molecule has 1 aromatic rings. The van der Waals surface area contributed by atoms with E-state index in [1.165, 1.54) is 38.5 Å². The Hall–Kier alpha value is -0.790. The molecule has 0 unspecified atom stereocenters. The molecule has 0 atom stereocenters. The van der Waals surface area contributed by atoms with E-state index < -0.39 is 0 Å². The maximum Gasteiger partial charge on any atom is 0.189 e. The van der Waals surface area contributed by atoms with Gasteiger partial charge in [-0.25, -0.2) is 4.99 Å². The minimum absolute atomic E-state index is 0.494. The van der Waals surface area contributed by atoms with Crippen LogP contribution in [0.4, 0.5) is 0 Å². The number of halogens is 1. The van der Waals surface area contributed by atoms with Gasteiger partial charge in [0.05, 0.1) is 15.8 Å². The molecular weight excluding hydrogens is 353 g/mol.